The first-order valence-corrected chi connectivity index (χ1v) is 2.70. The smallest absolute Gasteiger partial charge is 0.254 e. The fourth-order valence-electron chi connectivity index (χ4n) is 0. The molecule has 5 heteroatoms. The Morgan fingerprint density at radius 3 is 1.43 bits per heavy atom. The molecule has 0 unspecified atom stereocenters. The van der Waals surface area contributed by atoms with Crippen molar-refractivity contribution in [3.8, 4) is 0 Å². The van der Waals surface area contributed by atoms with E-state index in [0.29, 0.717) is 0 Å². The van der Waals surface area contributed by atoms with Gasteiger partial charge in [0.1, 0.15) is 0 Å². The molecule has 0 heterocycles. The van der Waals surface area contributed by atoms with Crippen LogP contribution in [0.25, 0.3) is 0 Å². The quantitative estimate of drug-likeness (QED) is 0.285. The van der Waals surface area contributed by atoms with Crippen LogP contribution in [0.1, 0.15) is 0 Å². The Labute approximate surface area is 44.3 Å². The molecule has 0 aromatic carbocycles. The van der Waals surface area contributed by atoms with Crippen LogP contribution in [0.5, 0.6) is 0 Å². The maximum atomic E-state index is 8.59. The van der Waals surface area contributed by atoms with E-state index in [-0.39, 0.29) is 0 Å². The number of rotatable bonds is 0. The highest BCUT2D eigenvalue weighted by atomic mass is 32.2. The molecule has 4 nitrogen and oxygen atoms in total. The highest BCUT2D eigenvalue weighted by Crippen LogP contribution is 1.27. The fourth-order valence-corrected chi connectivity index (χ4v) is 0. The summed E-state index contributed by atoms with van der Waals surface area (Å²) in [5.74, 6) is 0. The molecule has 7 heavy (non-hydrogen) atoms. The molecule has 0 radical (unpaired) electrons. The lowest BCUT2D eigenvalue weighted by Crippen LogP contribution is -1.89. The molecule has 0 saturated heterocycles. The SMILES string of the molecule is CNC.O=[SH](=O)O. The van der Waals surface area contributed by atoms with Gasteiger partial charge in [0.25, 0.3) is 11.0 Å². The van der Waals surface area contributed by atoms with Crippen LogP contribution in [0.2, 0.25) is 0 Å². The zero-order valence-electron chi connectivity index (χ0n) is 4.21. The molecule has 0 aliphatic heterocycles. The molecule has 0 amide bonds. The summed E-state index contributed by atoms with van der Waals surface area (Å²) in [7, 11) is 0.630. The topological polar surface area (TPSA) is 66.4 Å². The molecule has 0 atom stereocenters. The predicted molar refractivity (Wildman–Crippen MR) is 27.9 cm³/mol. The molecule has 2 N–H and O–H groups in total. The third kappa shape index (κ3) is 5200. The van der Waals surface area contributed by atoms with Gasteiger partial charge in [-0.25, -0.2) is 8.42 Å². The first kappa shape index (κ1) is 9.98. The van der Waals surface area contributed by atoms with Crippen molar-refractivity contribution >= 4 is 11.0 Å². The van der Waals surface area contributed by atoms with Crippen molar-refractivity contribution < 1.29 is 13.0 Å². The molecule has 0 rings (SSSR count). The monoisotopic (exact) mass is 127 g/mol. The highest BCUT2D eigenvalue weighted by Gasteiger charge is 1.44. The summed E-state index contributed by atoms with van der Waals surface area (Å²) in [5, 5.41) is 2.75. The summed E-state index contributed by atoms with van der Waals surface area (Å²) >= 11 is 0. The molecular formula is C2H9NO3S. The minimum Gasteiger partial charge on any atom is -0.323 e. The van der Waals surface area contributed by atoms with Crippen LogP contribution < -0.4 is 5.32 Å². The molecule has 0 bridgehead atoms. The van der Waals surface area contributed by atoms with E-state index in [0.717, 1.165) is 0 Å². The van der Waals surface area contributed by atoms with Gasteiger partial charge in [-0.3, -0.25) is 4.55 Å². The van der Waals surface area contributed by atoms with Crippen molar-refractivity contribution in [3.63, 3.8) is 0 Å². The first-order chi connectivity index (χ1) is 3.15. The van der Waals surface area contributed by atoms with Crippen LogP contribution >= 0.6 is 0 Å². The molecule has 0 aromatic rings. The van der Waals surface area contributed by atoms with Gasteiger partial charge in [-0.1, -0.05) is 0 Å². The molecule has 46 valence electrons. The second-order valence-corrected chi connectivity index (χ2v) is 1.21. The highest BCUT2D eigenvalue weighted by molar-refractivity contribution is 7.66. The predicted octanol–water partition coefficient (Wildman–Crippen LogP) is -1.09. The van der Waals surface area contributed by atoms with E-state index in [2.05, 4.69) is 5.32 Å². The largest absolute Gasteiger partial charge is 0.323 e. The Balaban J connectivity index is 0. The van der Waals surface area contributed by atoms with Crippen molar-refractivity contribution in [3.05, 3.63) is 0 Å². The second-order valence-electron chi connectivity index (χ2n) is 0.738. The van der Waals surface area contributed by atoms with Crippen molar-refractivity contribution in [1.29, 1.82) is 0 Å². The van der Waals surface area contributed by atoms with Gasteiger partial charge >= 0.3 is 0 Å². The van der Waals surface area contributed by atoms with E-state index in [1.54, 1.807) is 0 Å². The maximum absolute atomic E-state index is 8.59. The van der Waals surface area contributed by atoms with Crippen LogP contribution in [0.4, 0.5) is 0 Å². The molecule has 0 aliphatic carbocycles. The average Bonchev–Trinajstić information content (AvgIpc) is 1.33. The van der Waals surface area contributed by atoms with Crippen LogP contribution in [0.15, 0.2) is 0 Å². The van der Waals surface area contributed by atoms with Gasteiger partial charge < -0.3 is 5.32 Å². The summed E-state index contributed by atoms with van der Waals surface area (Å²) in [5.41, 5.74) is 0. The standard InChI is InChI=1S/C2H7N.H2O3S/c1-3-2;1-4(2)3/h3H,1-2H3;4H,(H,1,2,3). The average molecular weight is 127 g/mol. The van der Waals surface area contributed by atoms with Gasteiger partial charge in [0, 0.05) is 0 Å². The van der Waals surface area contributed by atoms with Gasteiger partial charge in [-0.05, 0) is 14.1 Å². The Bertz CT molecular complexity index is 71.0. The molecule has 0 saturated carbocycles. The van der Waals surface area contributed by atoms with Gasteiger partial charge in [0.05, 0.1) is 0 Å². The second kappa shape index (κ2) is 9.30. The first-order valence-electron chi connectivity index (χ1n) is 1.57. The third-order valence-electron chi connectivity index (χ3n) is 0. The van der Waals surface area contributed by atoms with Crippen LogP contribution in [0.3, 0.4) is 0 Å². The Morgan fingerprint density at radius 2 is 1.43 bits per heavy atom. The van der Waals surface area contributed by atoms with Crippen LogP contribution in [-0.4, -0.2) is 27.1 Å². The van der Waals surface area contributed by atoms with Crippen LogP contribution in [-0.2, 0) is 11.0 Å². The van der Waals surface area contributed by atoms with E-state index >= 15 is 0 Å². The minimum absolute atomic E-state index is 1.88. The number of thiol groups is 1. The van der Waals surface area contributed by atoms with E-state index < -0.39 is 11.0 Å². The van der Waals surface area contributed by atoms with E-state index in [9.17, 15) is 0 Å². The summed E-state index contributed by atoms with van der Waals surface area (Å²) in [6.45, 7) is 0. The Hall–Kier alpha value is -0.130. The Morgan fingerprint density at radius 1 is 1.43 bits per heavy atom. The van der Waals surface area contributed by atoms with Gasteiger partial charge in [-0.2, -0.15) is 0 Å². The van der Waals surface area contributed by atoms with E-state index in [1.165, 1.54) is 0 Å². The molecule has 0 spiro atoms. The van der Waals surface area contributed by atoms with E-state index in [1.807, 2.05) is 14.1 Å². The zero-order chi connectivity index (χ0) is 6.28. The zero-order valence-corrected chi connectivity index (χ0v) is 5.11. The van der Waals surface area contributed by atoms with Crippen molar-refractivity contribution in [2.24, 2.45) is 0 Å². The van der Waals surface area contributed by atoms with Crippen LogP contribution in [0, 0.1) is 0 Å². The number of nitrogens with one attached hydrogen (secondary N) is 1. The lowest BCUT2D eigenvalue weighted by Gasteiger charge is -1.59. The number of hydrogen-bond donors (Lipinski definition) is 3. The van der Waals surface area contributed by atoms with Gasteiger partial charge in [0.2, 0.25) is 0 Å². The summed E-state index contributed by atoms with van der Waals surface area (Å²) < 4.78 is 24.2. The summed E-state index contributed by atoms with van der Waals surface area (Å²) in [6, 6.07) is 0. The van der Waals surface area contributed by atoms with Crippen molar-refractivity contribution in [1.82, 2.24) is 5.32 Å². The lowest BCUT2D eigenvalue weighted by atomic mass is 11.3. The maximum Gasteiger partial charge on any atom is 0.254 e. The Kier molecular flexibility index (Phi) is 13.3. The summed E-state index contributed by atoms with van der Waals surface area (Å²) in [6.07, 6.45) is 0. The van der Waals surface area contributed by atoms with Gasteiger partial charge in [-0.15, -0.1) is 0 Å². The lowest BCUT2D eigenvalue weighted by molar-refractivity contribution is 0.509. The molecule has 0 aromatic heterocycles. The third-order valence-corrected chi connectivity index (χ3v) is 0. The minimum atomic E-state index is -3.12. The molecular weight excluding hydrogens is 118 g/mol. The number of hydrogen-bond acceptors (Lipinski definition) is 3. The summed E-state index contributed by atoms with van der Waals surface area (Å²) in [4.78, 5) is 0. The van der Waals surface area contributed by atoms with Crippen molar-refractivity contribution in [2.45, 2.75) is 0 Å². The molecule has 0 fully saturated rings. The fraction of sp³-hybridized carbons (Fsp3) is 1.00. The molecule has 0 aliphatic rings. The van der Waals surface area contributed by atoms with E-state index in [4.69, 9.17) is 13.0 Å². The van der Waals surface area contributed by atoms with Crippen molar-refractivity contribution in [2.75, 3.05) is 14.1 Å². The van der Waals surface area contributed by atoms with Gasteiger partial charge in [0.15, 0.2) is 0 Å². The normalized spacial score (nSPS) is 7.43.